The topological polar surface area (TPSA) is 55.4 Å². The molecule has 4 nitrogen and oxygen atoms in total. The van der Waals surface area contributed by atoms with Crippen LogP contribution in [0.5, 0.6) is 5.75 Å². The summed E-state index contributed by atoms with van der Waals surface area (Å²) in [7, 11) is -2.20. The van der Waals surface area contributed by atoms with Crippen LogP contribution < -0.4 is 9.46 Å². The van der Waals surface area contributed by atoms with Crippen LogP contribution >= 0.6 is 38.9 Å². The van der Waals surface area contributed by atoms with Gasteiger partial charge in [-0.1, -0.05) is 11.6 Å². The van der Waals surface area contributed by atoms with Gasteiger partial charge in [0.2, 0.25) is 0 Å². The molecule has 1 heterocycles. The van der Waals surface area contributed by atoms with Gasteiger partial charge in [-0.3, -0.25) is 4.72 Å². The summed E-state index contributed by atoms with van der Waals surface area (Å²) in [5.41, 5.74) is 1.18. The number of ether oxygens (including phenoxy) is 1. The van der Waals surface area contributed by atoms with Gasteiger partial charge >= 0.3 is 0 Å². The van der Waals surface area contributed by atoms with Crippen molar-refractivity contribution in [3.8, 4) is 5.75 Å². The quantitative estimate of drug-likeness (QED) is 0.839. The number of sulfonamides is 1. The molecule has 2 rings (SSSR count). The Morgan fingerprint density at radius 3 is 2.60 bits per heavy atom. The predicted octanol–water partition coefficient (Wildman–Crippen LogP) is 4.28. The molecular formula is C12H11BrClNO3S2. The van der Waals surface area contributed by atoms with E-state index in [0.717, 1.165) is 20.7 Å². The van der Waals surface area contributed by atoms with E-state index in [0.29, 0.717) is 16.5 Å². The van der Waals surface area contributed by atoms with Crippen LogP contribution in [0.2, 0.25) is 5.02 Å². The third-order valence-electron chi connectivity index (χ3n) is 2.51. The molecule has 1 aromatic carbocycles. The molecule has 0 amide bonds. The normalized spacial score (nSPS) is 11.4. The Morgan fingerprint density at radius 2 is 2.05 bits per heavy atom. The van der Waals surface area contributed by atoms with Crippen LogP contribution in [0.3, 0.4) is 0 Å². The summed E-state index contributed by atoms with van der Waals surface area (Å²) < 4.78 is 33.3. The highest BCUT2D eigenvalue weighted by Gasteiger charge is 2.20. The number of benzene rings is 1. The van der Waals surface area contributed by atoms with Crippen LogP contribution in [0.4, 0.5) is 5.69 Å². The number of hydrogen-bond donors (Lipinski definition) is 1. The van der Waals surface area contributed by atoms with E-state index in [1.54, 1.807) is 18.2 Å². The predicted molar refractivity (Wildman–Crippen MR) is 85.6 cm³/mol. The zero-order valence-corrected chi connectivity index (χ0v) is 14.6. The van der Waals surface area contributed by atoms with Gasteiger partial charge in [0.25, 0.3) is 10.0 Å². The van der Waals surface area contributed by atoms with Gasteiger partial charge in [0, 0.05) is 5.02 Å². The van der Waals surface area contributed by atoms with E-state index in [4.69, 9.17) is 16.3 Å². The van der Waals surface area contributed by atoms with Crippen LogP contribution in [-0.2, 0) is 10.0 Å². The molecule has 0 aliphatic rings. The third-order valence-corrected chi connectivity index (χ3v) is 6.72. The number of thiophene rings is 1. The number of nitrogens with one attached hydrogen (secondary N) is 1. The van der Waals surface area contributed by atoms with Crippen LogP contribution in [0.1, 0.15) is 5.56 Å². The van der Waals surface area contributed by atoms with E-state index >= 15 is 0 Å². The lowest BCUT2D eigenvalue weighted by molar-refractivity contribution is 0.417. The van der Waals surface area contributed by atoms with Crippen LogP contribution in [0.25, 0.3) is 0 Å². The highest BCUT2D eigenvalue weighted by Crippen LogP contribution is 2.34. The minimum Gasteiger partial charge on any atom is -0.495 e. The smallest absolute Gasteiger partial charge is 0.271 e. The van der Waals surface area contributed by atoms with Crippen molar-refractivity contribution < 1.29 is 13.2 Å². The number of halogens is 2. The molecule has 0 bridgehead atoms. The van der Waals surface area contributed by atoms with Crippen molar-refractivity contribution in [2.75, 3.05) is 11.8 Å². The van der Waals surface area contributed by atoms with Crippen LogP contribution in [-0.4, -0.2) is 15.5 Å². The van der Waals surface area contributed by atoms with E-state index in [1.165, 1.54) is 13.2 Å². The van der Waals surface area contributed by atoms with E-state index in [1.807, 2.05) is 6.92 Å². The lowest BCUT2D eigenvalue weighted by atomic mass is 10.3. The SMILES string of the molecule is COc1ccc(Cl)cc1NS(=O)(=O)c1cc(C)c(Br)s1. The van der Waals surface area contributed by atoms with Crippen molar-refractivity contribution >= 4 is 54.6 Å². The zero-order valence-electron chi connectivity index (χ0n) is 10.6. The van der Waals surface area contributed by atoms with Crippen molar-refractivity contribution in [3.63, 3.8) is 0 Å². The second-order valence-corrected chi connectivity index (χ2v) is 8.69. The summed E-state index contributed by atoms with van der Waals surface area (Å²) in [6, 6.07) is 6.35. The molecule has 2 aromatic rings. The van der Waals surface area contributed by atoms with E-state index < -0.39 is 10.0 Å². The second-order valence-electron chi connectivity index (χ2n) is 3.97. The Balaban J connectivity index is 2.40. The fraction of sp³-hybridized carbons (Fsp3) is 0.167. The first kappa shape index (κ1) is 15.6. The van der Waals surface area contributed by atoms with E-state index in [2.05, 4.69) is 20.7 Å². The van der Waals surface area contributed by atoms with Gasteiger partial charge in [0.15, 0.2) is 0 Å². The second kappa shape index (κ2) is 5.93. The van der Waals surface area contributed by atoms with Gasteiger partial charge in [-0.25, -0.2) is 8.42 Å². The largest absolute Gasteiger partial charge is 0.495 e. The monoisotopic (exact) mass is 395 g/mol. The molecule has 20 heavy (non-hydrogen) atoms. The third kappa shape index (κ3) is 3.28. The fourth-order valence-electron chi connectivity index (χ4n) is 1.52. The summed E-state index contributed by atoms with van der Waals surface area (Å²) in [6.45, 7) is 1.83. The maximum absolute atomic E-state index is 12.3. The molecule has 0 saturated carbocycles. The molecule has 1 aromatic heterocycles. The maximum atomic E-state index is 12.3. The van der Waals surface area contributed by atoms with Gasteiger partial charge in [0.1, 0.15) is 9.96 Å². The molecule has 0 aliphatic carbocycles. The number of methoxy groups -OCH3 is 1. The molecule has 0 unspecified atom stereocenters. The summed E-state index contributed by atoms with van der Waals surface area (Å²) in [5, 5.41) is 0.423. The average Bonchev–Trinajstić information content (AvgIpc) is 2.70. The maximum Gasteiger partial charge on any atom is 0.271 e. The first-order chi connectivity index (χ1) is 9.33. The Morgan fingerprint density at radius 1 is 1.35 bits per heavy atom. The zero-order chi connectivity index (χ0) is 14.9. The van der Waals surface area contributed by atoms with Crippen molar-refractivity contribution in [1.29, 1.82) is 0 Å². The van der Waals surface area contributed by atoms with Crippen molar-refractivity contribution in [3.05, 3.63) is 38.6 Å². The summed E-state index contributed by atoms with van der Waals surface area (Å²) in [6.07, 6.45) is 0. The minimum absolute atomic E-state index is 0.226. The summed E-state index contributed by atoms with van der Waals surface area (Å²) in [5.74, 6) is 0.408. The molecule has 1 N–H and O–H groups in total. The number of aryl methyl sites for hydroxylation is 1. The molecule has 0 fully saturated rings. The molecule has 0 spiro atoms. The van der Waals surface area contributed by atoms with Gasteiger partial charge in [-0.05, 0) is 52.7 Å². The summed E-state index contributed by atoms with van der Waals surface area (Å²) >= 11 is 10.3. The average molecular weight is 397 g/mol. The minimum atomic E-state index is -3.66. The number of anilines is 1. The lowest BCUT2D eigenvalue weighted by Crippen LogP contribution is -2.12. The standard InChI is InChI=1S/C12H11BrClNO3S2/c1-7-5-11(19-12(7)13)20(16,17)15-9-6-8(14)3-4-10(9)18-2/h3-6,15H,1-2H3. The summed E-state index contributed by atoms with van der Waals surface area (Å²) in [4.78, 5) is 0. The van der Waals surface area contributed by atoms with Crippen molar-refractivity contribution in [2.24, 2.45) is 0 Å². The fourth-order valence-corrected chi connectivity index (χ4v) is 4.98. The van der Waals surface area contributed by atoms with Crippen molar-refractivity contribution in [1.82, 2.24) is 0 Å². The highest BCUT2D eigenvalue weighted by atomic mass is 79.9. The lowest BCUT2D eigenvalue weighted by Gasteiger charge is -2.11. The Hall–Kier alpha value is -0.760. The molecule has 108 valence electrons. The van der Waals surface area contributed by atoms with E-state index in [-0.39, 0.29) is 4.21 Å². The van der Waals surface area contributed by atoms with Gasteiger partial charge in [0.05, 0.1) is 16.6 Å². The molecule has 0 radical (unpaired) electrons. The number of hydrogen-bond acceptors (Lipinski definition) is 4. The van der Waals surface area contributed by atoms with Crippen molar-refractivity contribution in [2.45, 2.75) is 11.1 Å². The molecular weight excluding hydrogens is 386 g/mol. The first-order valence-corrected chi connectivity index (χ1v) is 8.93. The van der Waals surface area contributed by atoms with Gasteiger partial charge in [-0.15, -0.1) is 11.3 Å². The Bertz CT molecular complexity index is 724. The van der Waals surface area contributed by atoms with Crippen LogP contribution in [0, 0.1) is 6.92 Å². The molecule has 0 saturated heterocycles. The Labute approximate surface area is 134 Å². The van der Waals surface area contributed by atoms with Gasteiger partial charge in [-0.2, -0.15) is 0 Å². The molecule has 0 atom stereocenters. The Kier molecular flexibility index (Phi) is 4.63. The van der Waals surface area contributed by atoms with Gasteiger partial charge < -0.3 is 4.74 Å². The first-order valence-electron chi connectivity index (χ1n) is 5.46. The molecule has 0 aliphatic heterocycles. The highest BCUT2D eigenvalue weighted by molar-refractivity contribution is 9.11. The number of rotatable bonds is 4. The van der Waals surface area contributed by atoms with E-state index in [9.17, 15) is 8.42 Å². The van der Waals surface area contributed by atoms with Crippen LogP contribution in [0.15, 0.2) is 32.3 Å². The molecule has 8 heteroatoms.